The molecule has 3 aromatic rings. The molecule has 0 unspecified atom stereocenters. The molecule has 1 aliphatic rings. The van der Waals surface area contributed by atoms with Gasteiger partial charge in [0.25, 0.3) is 5.91 Å². The Morgan fingerprint density at radius 2 is 1.72 bits per heavy atom. The maximum absolute atomic E-state index is 13.5. The Morgan fingerprint density at radius 1 is 0.938 bits per heavy atom. The topological polar surface area (TPSA) is 60.9 Å². The third-order valence-electron chi connectivity index (χ3n) is 5.47. The number of aromatic nitrogens is 1. The molecule has 32 heavy (non-hydrogen) atoms. The van der Waals surface area contributed by atoms with E-state index in [9.17, 15) is 4.79 Å². The van der Waals surface area contributed by atoms with Gasteiger partial charge in [-0.2, -0.15) is 0 Å². The van der Waals surface area contributed by atoms with Gasteiger partial charge in [-0.25, -0.2) is 4.98 Å². The second kappa shape index (κ2) is 10.7. The van der Waals surface area contributed by atoms with E-state index < -0.39 is 0 Å². The van der Waals surface area contributed by atoms with Crippen LogP contribution >= 0.6 is 0 Å². The van der Waals surface area contributed by atoms with Crippen molar-refractivity contribution in [3.8, 4) is 23.1 Å². The Labute approximate surface area is 188 Å². The van der Waals surface area contributed by atoms with Crippen molar-refractivity contribution in [1.82, 2.24) is 9.88 Å². The largest absolute Gasteiger partial charge is 0.496 e. The van der Waals surface area contributed by atoms with Gasteiger partial charge in [0.2, 0.25) is 5.88 Å². The first-order chi connectivity index (χ1) is 15.8. The predicted molar refractivity (Wildman–Crippen MR) is 122 cm³/mol. The summed E-state index contributed by atoms with van der Waals surface area (Å²) in [6.07, 6.45) is 5.62. The van der Waals surface area contributed by atoms with Gasteiger partial charge in [0, 0.05) is 18.3 Å². The average molecular weight is 433 g/mol. The molecule has 0 saturated carbocycles. The first-order valence-electron chi connectivity index (χ1n) is 11.0. The first kappa shape index (κ1) is 21.7. The zero-order valence-electron chi connectivity index (χ0n) is 18.3. The Kier molecular flexibility index (Phi) is 7.23. The average Bonchev–Trinajstić information content (AvgIpc) is 2.84. The number of ether oxygens (including phenoxy) is 3. The summed E-state index contributed by atoms with van der Waals surface area (Å²) >= 11 is 0. The number of fused-ring (bicyclic) bond motifs is 2. The molecule has 4 rings (SSSR count). The van der Waals surface area contributed by atoms with Crippen LogP contribution in [0, 0.1) is 0 Å². The molecule has 2 aromatic carbocycles. The Bertz CT molecular complexity index is 1050. The van der Waals surface area contributed by atoms with Crippen LogP contribution < -0.4 is 14.2 Å². The molecule has 1 aliphatic heterocycles. The molecule has 1 amide bonds. The van der Waals surface area contributed by atoms with Crippen LogP contribution in [0.2, 0.25) is 0 Å². The van der Waals surface area contributed by atoms with E-state index in [1.165, 1.54) is 0 Å². The fraction of sp³-hybridized carbons (Fsp3) is 0.308. The molecule has 2 heterocycles. The van der Waals surface area contributed by atoms with Crippen molar-refractivity contribution in [2.45, 2.75) is 32.2 Å². The quantitative estimate of drug-likeness (QED) is 0.537. The summed E-state index contributed by atoms with van der Waals surface area (Å²) in [7, 11) is 1.58. The van der Waals surface area contributed by atoms with Gasteiger partial charge in [-0.15, -0.1) is 0 Å². The van der Waals surface area contributed by atoms with Crippen molar-refractivity contribution in [3.05, 3.63) is 78.0 Å². The van der Waals surface area contributed by atoms with Gasteiger partial charge in [0.15, 0.2) is 11.5 Å². The molecule has 0 atom stereocenters. The van der Waals surface area contributed by atoms with E-state index in [0.717, 1.165) is 31.2 Å². The third-order valence-corrected chi connectivity index (χ3v) is 5.47. The lowest BCUT2D eigenvalue weighted by atomic mass is 10.1. The van der Waals surface area contributed by atoms with Crippen molar-refractivity contribution in [1.29, 1.82) is 0 Å². The normalized spacial score (nSPS) is 14.7. The van der Waals surface area contributed by atoms with E-state index in [1.54, 1.807) is 19.4 Å². The van der Waals surface area contributed by atoms with Crippen LogP contribution in [0.3, 0.4) is 0 Å². The number of carbonyl (C=O) groups is 1. The van der Waals surface area contributed by atoms with Crippen LogP contribution in [0.25, 0.3) is 0 Å². The monoisotopic (exact) mass is 432 g/mol. The van der Waals surface area contributed by atoms with Crippen LogP contribution in [0.5, 0.6) is 23.1 Å². The number of hydrogen-bond donors (Lipinski definition) is 0. The van der Waals surface area contributed by atoms with E-state index in [4.69, 9.17) is 14.2 Å². The highest BCUT2D eigenvalue weighted by Gasteiger charge is 2.22. The highest BCUT2D eigenvalue weighted by Crippen LogP contribution is 2.33. The minimum absolute atomic E-state index is 0.0620. The van der Waals surface area contributed by atoms with Crippen molar-refractivity contribution < 1.29 is 19.0 Å². The van der Waals surface area contributed by atoms with Gasteiger partial charge in [-0.05, 0) is 43.2 Å². The van der Waals surface area contributed by atoms with Gasteiger partial charge in [-0.3, -0.25) is 4.79 Å². The van der Waals surface area contributed by atoms with E-state index in [-0.39, 0.29) is 5.91 Å². The lowest BCUT2D eigenvalue weighted by molar-refractivity contribution is 0.0735. The Balaban J connectivity index is 1.67. The SMILES string of the molecule is COc1ccccc1C(=O)N1CCCCCCOc2ccccc2Oc2ncccc2C1. The summed E-state index contributed by atoms with van der Waals surface area (Å²) in [5.74, 6) is 2.30. The van der Waals surface area contributed by atoms with Gasteiger partial charge in [-0.1, -0.05) is 43.2 Å². The van der Waals surface area contributed by atoms with Crippen LogP contribution in [0.4, 0.5) is 0 Å². The molecular weight excluding hydrogens is 404 g/mol. The summed E-state index contributed by atoms with van der Waals surface area (Å²) in [5, 5.41) is 0. The van der Waals surface area contributed by atoms with E-state index in [1.807, 2.05) is 59.5 Å². The molecule has 0 fully saturated rings. The number of rotatable bonds is 2. The standard InChI is InChI=1S/C26H28N2O4/c1-30-22-13-5-4-12-21(22)26(29)28-17-8-2-3-9-18-31-23-14-6-7-15-24(23)32-25-20(19-28)11-10-16-27-25/h4-7,10-16H,2-3,8-9,17-19H2,1H3. The van der Waals surface area contributed by atoms with Crippen LogP contribution in [0.1, 0.15) is 41.6 Å². The number of pyridine rings is 1. The molecule has 0 radical (unpaired) electrons. The number of carbonyl (C=O) groups excluding carboxylic acids is 1. The molecule has 166 valence electrons. The zero-order valence-corrected chi connectivity index (χ0v) is 18.3. The van der Waals surface area contributed by atoms with E-state index in [0.29, 0.717) is 48.4 Å². The highest BCUT2D eigenvalue weighted by molar-refractivity contribution is 5.97. The summed E-state index contributed by atoms with van der Waals surface area (Å²) < 4.78 is 17.6. The van der Waals surface area contributed by atoms with Gasteiger partial charge in [0.1, 0.15) is 5.75 Å². The summed E-state index contributed by atoms with van der Waals surface area (Å²) in [6, 6.07) is 18.8. The number of benzene rings is 2. The molecule has 0 spiro atoms. The van der Waals surface area contributed by atoms with E-state index >= 15 is 0 Å². The smallest absolute Gasteiger partial charge is 0.257 e. The third kappa shape index (κ3) is 5.19. The lowest BCUT2D eigenvalue weighted by Gasteiger charge is -2.25. The Morgan fingerprint density at radius 3 is 2.59 bits per heavy atom. The molecule has 6 heteroatoms. The molecule has 0 N–H and O–H groups in total. The van der Waals surface area contributed by atoms with Crippen molar-refractivity contribution in [3.63, 3.8) is 0 Å². The molecule has 0 saturated heterocycles. The second-order valence-electron chi connectivity index (χ2n) is 7.71. The zero-order chi connectivity index (χ0) is 22.2. The summed E-state index contributed by atoms with van der Waals surface area (Å²) in [4.78, 5) is 19.8. The fourth-order valence-corrected chi connectivity index (χ4v) is 3.78. The maximum Gasteiger partial charge on any atom is 0.257 e. The van der Waals surface area contributed by atoms with Crippen molar-refractivity contribution >= 4 is 5.91 Å². The first-order valence-corrected chi connectivity index (χ1v) is 11.0. The van der Waals surface area contributed by atoms with Crippen molar-refractivity contribution in [2.24, 2.45) is 0 Å². The maximum atomic E-state index is 13.5. The van der Waals surface area contributed by atoms with Gasteiger partial charge >= 0.3 is 0 Å². The van der Waals surface area contributed by atoms with Gasteiger partial charge in [0.05, 0.1) is 25.8 Å². The van der Waals surface area contributed by atoms with E-state index in [2.05, 4.69) is 4.98 Å². The predicted octanol–water partition coefficient (Wildman–Crippen LogP) is 5.48. The minimum Gasteiger partial charge on any atom is -0.496 e. The summed E-state index contributed by atoms with van der Waals surface area (Å²) in [6.45, 7) is 1.66. The highest BCUT2D eigenvalue weighted by atomic mass is 16.5. The number of amides is 1. The second-order valence-corrected chi connectivity index (χ2v) is 7.71. The molecule has 0 bridgehead atoms. The van der Waals surface area contributed by atoms with Crippen LogP contribution in [-0.4, -0.2) is 36.1 Å². The van der Waals surface area contributed by atoms with Gasteiger partial charge < -0.3 is 19.1 Å². The fourth-order valence-electron chi connectivity index (χ4n) is 3.78. The summed E-state index contributed by atoms with van der Waals surface area (Å²) in [5.41, 5.74) is 1.39. The lowest BCUT2D eigenvalue weighted by Crippen LogP contribution is -2.32. The number of hydrogen-bond acceptors (Lipinski definition) is 5. The Hall–Kier alpha value is -3.54. The number of nitrogens with zero attached hydrogens (tertiary/aromatic N) is 2. The molecule has 0 aliphatic carbocycles. The number of methoxy groups -OCH3 is 1. The van der Waals surface area contributed by atoms with Crippen LogP contribution in [0.15, 0.2) is 66.9 Å². The number of para-hydroxylation sites is 3. The molecule has 6 nitrogen and oxygen atoms in total. The van der Waals surface area contributed by atoms with Crippen LogP contribution in [-0.2, 0) is 6.54 Å². The van der Waals surface area contributed by atoms with Crippen molar-refractivity contribution in [2.75, 3.05) is 20.3 Å². The molecular formula is C26H28N2O4. The minimum atomic E-state index is -0.0620. The molecule has 1 aromatic heterocycles.